The van der Waals surface area contributed by atoms with Crippen LogP contribution in [0.25, 0.3) is 0 Å². The maximum atomic E-state index is 13.0. The Morgan fingerprint density at radius 3 is 2.38 bits per heavy atom. The van der Waals surface area contributed by atoms with Crippen LogP contribution in [0, 0.1) is 3.57 Å². The molecule has 1 unspecified atom stereocenters. The zero-order valence-corrected chi connectivity index (χ0v) is 21.7. The molecule has 2 aromatic carbocycles. The SMILES string of the molecule is CCSC[C@H](C)NC(=O)c1c(I)cccc1C(=O)Nc1ccc(C(C(F)F)C(F)(F)F)cc1Cl. The van der Waals surface area contributed by atoms with E-state index in [2.05, 4.69) is 10.6 Å². The van der Waals surface area contributed by atoms with Crippen molar-refractivity contribution in [2.75, 3.05) is 16.8 Å². The van der Waals surface area contributed by atoms with Gasteiger partial charge in [-0.05, 0) is 65.1 Å². The summed E-state index contributed by atoms with van der Waals surface area (Å²) in [6.45, 7) is 3.83. The fourth-order valence-electron chi connectivity index (χ4n) is 3.07. The molecule has 4 nitrogen and oxygen atoms in total. The standard InChI is InChI=1S/C22H21ClF5IN2O2S/c1-3-34-10-11(2)30-21(33)17-13(5-4-6-15(17)29)20(32)31-16-8-7-12(9-14(16)23)18(19(24)25)22(26,27)28/h4-9,11,18-19H,3,10H2,1-2H3,(H,30,33)(H,31,32)/t11-,18?/m0/s1. The van der Waals surface area contributed by atoms with Gasteiger partial charge in [0.05, 0.1) is 21.8 Å². The van der Waals surface area contributed by atoms with E-state index in [9.17, 15) is 31.5 Å². The first-order valence-corrected chi connectivity index (χ1v) is 12.6. The van der Waals surface area contributed by atoms with E-state index in [1.54, 1.807) is 23.9 Å². The van der Waals surface area contributed by atoms with Gasteiger partial charge in [-0.3, -0.25) is 9.59 Å². The molecular weight excluding hydrogens is 614 g/mol. The van der Waals surface area contributed by atoms with Gasteiger partial charge in [0.25, 0.3) is 18.2 Å². The van der Waals surface area contributed by atoms with Gasteiger partial charge in [0, 0.05) is 15.4 Å². The molecule has 0 saturated carbocycles. The number of rotatable bonds is 9. The van der Waals surface area contributed by atoms with Crippen molar-refractivity contribution in [3.05, 3.63) is 61.7 Å². The number of hydrogen-bond acceptors (Lipinski definition) is 3. The molecule has 2 atom stereocenters. The van der Waals surface area contributed by atoms with Crippen LogP contribution in [-0.2, 0) is 0 Å². The lowest BCUT2D eigenvalue weighted by atomic mass is 9.98. The molecule has 0 fully saturated rings. The normalized spacial score (nSPS) is 13.5. The molecule has 12 heteroatoms. The van der Waals surface area contributed by atoms with E-state index in [-0.39, 0.29) is 27.9 Å². The summed E-state index contributed by atoms with van der Waals surface area (Å²) < 4.78 is 65.5. The molecule has 0 spiro atoms. The highest BCUT2D eigenvalue weighted by Crippen LogP contribution is 2.41. The van der Waals surface area contributed by atoms with Crippen molar-refractivity contribution in [2.24, 2.45) is 0 Å². The fourth-order valence-corrected chi connectivity index (χ4v) is 4.72. The molecule has 2 aromatic rings. The lowest BCUT2D eigenvalue weighted by Crippen LogP contribution is -2.36. The van der Waals surface area contributed by atoms with E-state index in [0.717, 1.165) is 24.0 Å². The molecule has 0 bridgehead atoms. The van der Waals surface area contributed by atoms with Crippen LogP contribution in [-0.4, -0.2) is 42.0 Å². The summed E-state index contributed by atoms with van der Waals surface area (Å²) in [5.41, 5.74) is -0.639. The second kappa shape index (κ2) is 12.4. The summed E-state index contributed by atoms with van der Waals surface area (Å²) in [5.74, 6) is -2.61. The zero-order chi connectivity index (χ0) is 25.6. The lowest BCUT2D eigenvalue weighted by Gasteiger charge is -2.20. The number of benzene rings is 2. The minimum absolute atomic E-state index is 0.0284. The summed E-state index contributed by atoms with van der Waals surface area (Å²) in [4.78, 5) is 25.8. The van der Waals surface area contributed by atoms with Crippen molar-refractivity contribution in [1.29, 1.82) is 0 Å². The maximum absolute atomic E-state index is 13.0. The van der Waals surface area contributed by atoms with Crippen LogP contribution in [0.1, 0.15) is 46.0 Å². The van der Waals surface area contributed by atoms with Crippen molar-refractivity contribution >= 4 is 63.5 Å². The second-order valence-electron chi connectivity index (χ2n) is 7.24. The summed E-state index contributed by atoms with van der Waals surface area (Å²) >= 11 is 9.57. The van der Waals surface area contributed by atoms with E-state index in [1.807, 2.05) is 36.4 Å². The maximum Gasteiger partial charge on any atom is 0.401 e. The number of nitrogens with one attached hydrogen (secondary N) is 2. The average Bonchev–Trinajstić information content (AvgIpc) is 2.72. The van der Waals surface area contributed by atoms with Crippen molar-refractivity contribution in [3.63, 3.8) is 0 Å². The van der Waals surface area contributed by atoms with Crippen LogP contribution < -0.4 is 10.6 Å². The van der Waals surface area contributed by atoms with Gasteiger partial charge >= 0.3 is 6.18 Å². The van der Waals surface area contributed by atoms with Crippen LogP contribution in [0.2, 0.25) is 5.02 Å². The highest BCUT2D eigenvalue weighted by molar-refractivity contribution is 14.1. The molecule has 0 aromatic heterocycles. The number of thioether (sulfide) groups is 1. The van der Waals surface area contributed by atoms with E-state index >= 15 is 0 Å². The Morgan fingerprint density at radius 2 is 1.82 bits per heavy atom. The Hall–Kier alpha value is -1.60. The Bertz CT molecular complexity index is 1040. The molecule has 0 radical (unpaired) electrons. The van der Waals surface area contributed by atoms with Gasteiger partial charge in [-0.15, -0.1) is 0 Å². The van der Waals surface area contributed by atoms with Crippen LogP contribution in [0.15, 0.2) is 36.4 Å². The molecule has 2 amide bonds. The van der Waals surface area contributed by atoms with E-state index in [1.165, 1.54) is 6.07 Å². The van der Waals surface area contributed by atoms with Gasteiger partial charge < -0.3 is 10.6 Å². The minimum atomic E-state index is -5.17. The Labute approximate surface area is 216 Å². The Morgan fingerprint density at radius 1 is 1.15 bits per heavy atom. The first-order chi connectivity index (χ1) is 15.9. The van der Waals surface area contributed by atoms with E-state index in [4.69, 9.17) is 11.6 Å². The molecule has 34 heavy (non-hydrogen) atoms. The first kappa shape index (κ1) is 28.6. The average molecular weight is 635 g/mol. The quantitative estimate of drug-likeness (QED) is 0.231. The van der Waals surface area contributed by atoms with Gasteiger partial charge in [-0.2, -0.15) is 24.9 Å². The number of carbonyl (C=O) groups is 2. The molecule has 0 aliphatic heterocycles. The van der Waals surface area contributed by atoms with Crippen molar-refractivity contribution < 1.29 is 31.5 Å². The van der Waals surface area contributed by atoms with Gasteiger partial charge in [-0.25, -0.2) is 8.78 Å². The van der Waals surface area contributed by atoms with Crippen LogP contribution >= 0.6 is 46.0 Å². The number of hydrogen-bond donors (Lipinski definition) is 2. The van der Waals surface area contributed by atoms with Gasteiger partial charge in [0.2, 0.25) is 0 Å². The predicted molar refractivity (Wildman–Crippen MR) is 133 cm³/mol. The molecule has 2 rings (SSSR count). The van der Waals surface area contributed by atoms with Crippen molar-refractivity contribution in [2.45, 2.75) is 38.4 Å². The fraction of sp³-hybridized carbons (Fsp3) is 0.364. The second-order valence-corrected chi connectivity index (χ2v) is 10.1. The Balaban J connectivity index is 2.30. The third-order valence-electron chi connectivity index (χ3n) is 4.64. The van der Waals surface area contributed by atoms with E-state index < -0.39 is 35.9 Å². The lowest BCUT2D eigenvalue weighted by molar-refractivity contribution is -0.178. The minimum Gasteiger partial charge on any atom is -0.349 e. The number of alkyl halides is 5. The van der Waals surface area contributed by atoms with E-state index in [0.29, 0.717) is 9.32 Å². The summed E-state index contributed by atoms with van der Waals surface area (Å²) in [5, 5.41) is 4.94. The third kappa shape index (κ3) is 7.45. The molecule has 0 saturated heterocycles. The highest BCUT2D eigenvalue weighted by atomic mass is 127. The van der Waals surface area contributed by atoms with Crippen LogP contribution in [0.5, 0.6) is 0 Å². The molecule has 2 N–H and O–H groups in total. The largest absolute Gasteiger partial charge is 0.401 e. The Kier molecular flexibility index (Phi) is 10.4. The van der Waals surface area contributed by atoms with Gasteiger partial charge in [0.15, 0.2) is 0 Å². The number of anilines is 1. The topological polar surface area (TPSA) is 58.2 Å². The molecule has 0 aliphatic carbocycles. The van der Waals surface area contributed by atoms with Crippen LogP contribution in [0.4, 0.5) is 27.6 Å². The van der Waals surface area contributed by atoms with Crippen molar-refractivity contribution in [1.82, 2.24) is 5.32 Å². The molecule has 0 aliphatic rings. The third-order valence-corrected chi connectivity index (χ3v) is 7.00. The summed E-state index contributed by atoms with van der Waals surface area (Å²) in [6, 6.07) is 7.11. The number of amides is 2. The molecule has 0 heterocycles. The van der Waals surface area contributed by atoms with Gasteiger partial charge in [-0.1, -0.05) is 30.7 Å². The predicted octanol–water partition coefficient (Wildman–Crippen LogP) is 6.98. The number of halogens is 7. The number of carbonyl (C=O) groups excluding carboxylic acids is 2. The van der Waals surface area contributed by atoms with Gasteiger partial charge in [0.1, 0.15) is 5.92 Å². The summed E-state index contributed by atoms with van der Waals surface area (Å²) in [7, 11) is 0. The monoisotopic (exact) mass is 634 g/mol. The first-order valence-electron chi connectivity index (χ1n) is 9.99. The van der Waals surface area contributed by atoms with Crippen LogP contribution in [0.3, 0.4) is 0 Å². The zero-order valence-electron chi connectivity index (χ0n) is 18.0. The molecular formula is C22H21ClF5IN2O2S. The molecule has 186 valence electrons. The van der Waals surface area contributed by atoms with Crippen molar-refractivity contribution in [3.8, 4) is 0 Å². The summed E-state index contributed by atoms with van der Waals surface area (Å²) in [6.07, 6.45) is -8.85. The smallest absolute Gasteiger partial charge is 0.349 e. The highest BCUT2D eigenvalue weighted by Gasteiger charge is 2.47.